The maximum Gasteiger partial charge on any atom is 1.00 e. The molecule has 0 saturated carbocycles. The second-order valence-corrected chi connectivity index (χ2v) is 4.99. The van der Waals surface area contributed by atoms with E-state index in [1.54, 1.807) is 0 Å². The van der Waals surface area contributed by atoms with Gasteiger partial charge in [0, 0.05) is 0 Å². The van der Waals surface area contributed by atoms with E-state index in [9.17, 15) is 17.3 Å². The van der Waals surface area contributed by atoms with Gasteiger partial charge in [0.15, 0.2) is 11.6 Å². The second-order valence-electron chi connectivity index (χ2n) is 4.99. The van der Waals surface area contributed by atoms with Gasteiger partial charge in [-0.15, -0.1) is 5.46 Å². The molecule has 0 amide bonds. The standard InChI is InChI=1S/C14H20BF4O.K/c1-3-5-6-11(4-2)10-20-14-9-12(15(17,18)19)7-8-13(14)16;/h7-9,11H,3-6,10H2,1-2H3;/q-1;+1. The maximum atomic E-state index is 13.5. The minimum Gasteiger partial charge on any atom is -0.490 e. The molecule has 1 unspecified atom stereocenters. The summed E-state index contributed by atoms with van der Waals surface area (Å²) >= 11 is 0. The van der Waals surface area contributed by atoms with Crippen LogP contribution in [0.25, 0.3) is 0 Å². The Balaban J connectivity index is 0.00000400. The third-order valence-electron chi connectivity index (χ3n) is 3.35. The van der Waals surface area contributed by atoms with Crippen molar-refractivity contribution in [2.75, 3.05) is 6.61 Å². The summed E-state index contributed by atoms with van der Waals surface area (Å²) < 4.78 is 56.6. The first kappa shape index (κ1) is 21.4. The molecule has 0 fully saturated rings. The van der Waals surface area contributed by atoms with Crippen LogP contribution < -0.4 is 61.6 Å². The van der Waals surface area contributed by atoms with Gasteiger partial charge >= 0.3 is 58.4 Å². The second kappa shape index (κ2) is 10.3. The van der Waals surface area contributed by atoms with Crippen molar-refractivity contribution < 1.29 is 73.5 Å². The molecule has 1 aromatic rings. The minimum absolute atomic E-state index is 0. The van der Waals surface area contributed by atoms with E-state index in [2.05, 4.69) is 6.92 Å². The zero-order valence-electron chi connectivity index (χ0n) is 12.8. The number of hydrogen-bond donors (Lipinski definition) is 0. The summed E-state index contributed by atoms with van der Waals surface area (Å²) in [6.07, 6.45) is 3.90. The van der Waals surface area contributed by atoms with Crippen LogP contribution in [0.2, 0.25) is 0 Å². The Morgan fingerprint density at radius 2 is 1.86 bits per heavy atom. The largest absolute Gasteiger partial charge is 1.00 e. The quantitative estimate of drug-likeness (QED) is 0.518. The smallest absolute Gasteiger partial charge is 0.490 e. The number of halogens is 4. The van der Waals surface area contributed by atoms with Gasteiger partial charge in [0.1, 0.15) is 0 Å². The average Bonchev–Trinajstić information content (AvgIpc) is 2.39. The summed E-state index contributed by atoms with van der Waals surface area (Å²) in [6.45, 7) is -0.814. The Labute approximate surface area is 166 Å². The molecule has 1 atom stereocenters. The van der Waals surface area contributed by atoms with Crippen LogP contribution in [-0.2, 0) is 0 Å². The Morgan fingerprint density at radius 3 is 2.38 bits per heavy atom. The van der Waals surface area contributed by atoms with Crippen LogP contribution >= 0.6 is 0 Å². The predicted octanol–water partition coefficient (Wildman–Crippen LogP) is 1.48. The third kappa shape index (κ3) is 7.50. The van der Waals surface area contributed by atoms with Gasteiger partial charge in [-0.1, -0.05) is 39.2 Å². The number of rotatable bonds is 8. The van der Waals surface area contributed by atoms with Gasteiger partial charge in [0.05, 0.1) is 6.61 Å². The molecule has 0 aliphatic carbocycles. The zero-order chi connectivity index (χ0) is 15.2. The number of unbranched alkanes of at least 4 members (excludes halogenated alkanes) is 1. The van der Waals surface area contributed by atoms with Gasteiger partial charge in [-0.3, -0.25) is 0 Å². The third-order valence-corrected chi connectivity index (χ3v) is 3.35. The fraction of sp³-hybridized carbons (Fsp3) is 0.571. The molecule has 7 heteroatoms. The van der Waals surface area contributed by atoms with Crippen LogP contribution in [0.1, 0.15) is 39.5 Å². The monoisotopic (exact) mass is 330 g/mol. The Bertz CT molecular complexity index is 426. The van der Waals surface area contributed by atoms with Crippen molar-refractivity contribution in [1.82, 2.24) is 0 Å². The molecule has 0 saturated heterocycles. The van der Waals surface area contributed by atoms with Gasteiger partial charge in [-0.2, -0.15) is 0 Å². The summed E-state index contributed by atoms with van der Waals surface area (Å²) in [7, 11) is 0. The van der Waals surface area contributed by atoms with E-state index in [1.165, 1.54) is 0 Å². The molecule has 0 bridgehead atoms. The first-order valence-corrected chi connectivity index (χ1v) is 7.00. The molecule has 114 valence electrons. The average molecular weight is 330 g/mol. The summed E-state index contributed by atoms with van der Waals surface area (Å²) in [5.41, 5.74) is -0.831. The van der Waals surface area contributed by atoms with E-state index >= 15 is 0 Å². The molecule has 0 N–H and O–H groups in total. The van der Waals surface area contributed by atoms with E-state index in [0.29, 0.717) is 0 Å². The molecule has 1 aromatic carbocycles. The number of ether oxygens (including phenoxy) is 1. The first-order valence-electron chi connectivity index (χ1n) is 7.00. The van der Waals surface area contributed by atoms with Crippen LogP contribution in [0.15, 0.2) is 18.2 Å². The van der Waals surface area contributed by atoms with Crippen LogP contribution in [0.3, 0.4) is 0 Å². The molecule has 0 spiro atoms. The van der Waals surface area contributed by atoms with Gasteiger partial charge in [0.2, 0.25) is 0 Å². The van der Waals surface area contributed by atoms with Gasteiger partial charge in [-0.25, -0.2) is 4.39 Å². The fourth-order valence-electron chi connectivity index (χ4n) is 1.94. The molecule has 21 heavy (non-hydrogen) atoms. The summed E-state index contributed by atoms with van der Waals surface area (Å²) in [5, 5.41) is 0. The van der Waals surface area contributed by atoms with Crippen molar-refractivity contribution in [1.29, 1.82) is 0 Å². The molecular weight excluding hydrogens is 310 g/mol. The molecule has 0 aromatic heterocycles. The summed E-state index contributed by atoms with van der Waals surface area (Å²) in [6, 6.07) is 2.31. The van der Waals surface area contributed by atoms with Crippen LogP contribution in [0.5, 0.6) is 5.75 Å². The zero-order valence-corrected chi connectivity index (χ0v) is 16.0. The van der Waals surface area contributed by atoms with Crippen molar-refractivity contribution >= 4 is 12.4 Å². The van der Waals surface area contributed by atoms with Gasteiger partial charge in [0.25, 0.3) is 0 Å². The molecule has 0 aliphatic heterocycles. The molecule has 0 radical (unpaired) electrons. The maximum absolute atomic E-state index is 13.5. The fourth-order valence-corrected chi connectivity index (χ4v) is 1.94. The molecule has 1 nitrogen and oxygen atoms in total. The van der Waals surface area contributed by atoms with Gasteiger partial charge in [-0.05, 0) is 24.5 Å². The molecule has 0 aliphatic rings. The van der Waals surface area contributed by atoms with E-state index in [-0.39, 0.29) is 69.7 Å². The van der Waals surface area contributed by atoms with E-state index < -0.39 is 18.3 Å². The van der Waals surface area contributed by atoms with Crippen molar-refractivity contribution in [3.05, 3.63) is 24.0 Å². The van der Waals surface area contributed by atoms with Crippen molar-refractivity contribution in [3.63, 3.8) is 0 Å². The summed E-state index contributed by atoms with van der Waals surface area (Å²) in [5.74, 6) is -0.815. The molecule has 1 rings (SSSR count). The van der Waals surface area contributed by atoms with Crippen LogP contribution in [-0.4, -0.2) is 13.6 Å². The SMILES string of the molecule is CCCCC(CC)COc1cc([B-](F)(F)F)ccc1F.[K+]. The Hall–Kier alpha value is 0.441. The van der Waals surface area contributed by atoms with Crippen molar-refractivity contribution in [2.45, 2.75) is 39.5 Å². The van der Waals surface area contributed by atoms with Crippen LogP contribution in [0.4, 0.5) is 17.3 Å². The van der Waals surface area contributed by atoms with Crippen LogP contribution in [0, 0.1) is 11.7 Å². The Morgan fingerprint density at radius 1 is 1.19 bits per heavy atom. The number of benzene rings is 1. The van der Waals surface area contributed by atoms with Gasteiger partial charge < -0.3 is 17.7 Å². The molecular formula is C14H20BF4KO. The van der Waals surface area contributed by atoms with E-state index in [4.69, 9.17) is 4.74 Å². The van der Waals surface area contributed by atoms with Crippen molar-refractivity contribution in [3.8, 4) is 5.75 Å². The Kier molecular flexibility index (Phi) is 10.5. The normalized spacial score (nSPS) is 12.7. The predicted molar refractivity (Wildman–Crippen MR) is 73.9 cm³/mol. The summed E-state index contributed by atoms with van der Waals surface area (Å²) in [4.78, 5) is 0. The van der Waals surface area contributed by atoms with E-state index in [0.717, 1.165) is 43.9 Å². The topological polar surface area (TPSA) is 9.23 Å². The minimum atomic E-state index is -5.13. The molecule has 0 heterocycles. The number of hydrogen-bond acceptors (Lipinski definition) is 1. The van der Waals surface area contributed by atoms with E-state index in [1.807, 2.05) is 6.92 Å². The van der Waals surface area contributed by atoms with Crippen molar-refractivity contribution in [2.24, 2.45) is 5.92 Å². The first-order chi connectivity index (χ1) is 9.38.